The predicted molar refractivity (Wildman–Crippen MR) is 70.8 cm³/mol. The number of benzene rings is 1. The standard InChI is InChI=1S/C16H23F/c1-3-9-16(10-5-4-6-11-16)15-8-7-14(17)12-13(15)2/h7-8,12H,3-6,9-11H2,1-2H3. The van der Waals surface area contributed by atoms with Gasteiger partial charge in [0.05, 0.1) is 0 Å². The Morgan fingerprint density at radius 1 is 1.18 bits per heavy atom. The van der Waals surface area contributed by atoms with Crippen molar-refractivity contribution in [2.24, 2.45) is 0 Å². The molecular formula is C16H23F. The lowest BCUT2D eigenvalue weighted by Crippen LogP contribution is -2.29. The van der Waals surface area contributed by atoms with E-state index in [4.69, 9.17) is 0 Å². The van der Waals surface area contributed by atoms with Crippen LogP contribution >= 0.6 is 0 Å². The van der Waals surface area contributed by atoms with E-state index in [-0.39, 0.29) is 5.82 Å². The van der Waals surface area contributed by atoms with E-state index in [9.17, 15) is 4.39 Å². The zero-order chi connectivity index (χ0) is 12.3. The van der Waals surface area contributed by atoms with E-state index in [0.29, 0.717) is 5.41 Å². The molecule has 0 nitrogen and oxygen atoms in total. The third-order valence-electron chi connectivity index (χ3n) is 4.30. The number of halogens is 1. The minimum Gasteiger partial charge on any atom is -0.207 e. The molecule has 0 atom stereocenters. The van der Waals surface area contributed by atoms with Crippen molar-refractivity contribution >= 4 is 0 Å². The third kappa shape index (κ3) is 2.53. The van der Waals surface area contributed by atoms with Gasteiger partial charge in [0, 0.05) is 0 Å². The van der Waals surface area contributed by atoms with Crippen LogP contribution in [0, 0.1) is 12.7 Å². The van der Waals surface area contributed by atoms with Gasteiger partial charge in [-0.15, -0.1) is 0 Å². The van der Waals surface area contributed by atoms with Gasteiger partial charge in [-0.2, -0.15) is 0 Å². The molecule has 0 aliphatic heterocycles. The van der Waals surface area contributed by atoms with Gasteiger partial charge in [0.2, 0.25) is 0 Å². The molecule has 0 heterocycles. The molecule has 17 heavy (non-hydrogen) atoms. The molecule has 1 aromatic rings. The van der Waals surface area contributed by atoms with Crippen LogP contribution in [0.5, 0.6) is 0 Å². The summed E-state index contributed by atoms with van der Waals surface area (Å²) in [6.45, 7) is 4.32. The molecule has 0 unspecified atom stereocenters. The minimum atomic E-state index is -0.103. The topological polar surface area (TPSA) is 0 Å². The largest absolute Gasteiger partial charge is 0.207 e. The molecule has 94 valence electrons. The highest BCUT2D eigenvalue weighted by Gasteiger charge is 2.33. The van der Waals surface area contributed by atoms with Crippen molar-refractivity contribution in [3.8, 4) is 0 Å². The van der Waals surface area contributed by atoms with Gasteiger partial charge in [-0.3, -0.25) is 0 Å². The summed E-state index contributed by atoms with van der Waals surface area (Å²) in [5, 5.41) is 0. The van der Waals surface area contributed by atoms with Gasteiger partial charge in [-0.1, -0.05) is 38.7 Å². The summed E-state index contributed by atoms with van der Waals surface area (Å²) in [6, 6.07) is 5.36. The molecule has 0 aromatic heterocycles. The molecule has 1 aromatic carbocycles. The van der Waals surface area contributed by atoms with Gasteiger partial charge in [-0.05, 0) is 54.9 Å². The quantitative estimate of drug-likeness (QED) is 0.679. The first-order valence-corrected chi connectivity index (χ1v) is 6.94. The van der Waals surface area contributed by atoms with Crippen LogP contribution < -0.4 is 0 Å². The molecule has 2 rings (SSSR count). The molecule has 0 N–H and O–H groups in total. The lowest BCUT2D eigenvalue weighted by atomic mass is 9.66. The monoisotopic (exact) mass is 234 g/mol. The summed E-state index contributed by atoms with van der Waals surface area (Å²) in [7, 11) is 0. The number of aryl methyl sites for hydroxylation is 1. The second kappa shape index (κ2) is 5.20. The van der Waals surface area contributed by atoms with Crippen molar-refractivity contribution in [2.75, 3.05) is 0 Å². The third-order valence-corrected chi connectivity index (χ3v) is 4.30. The normalized spacial score (nSPS) is 19.2. The first-order valence-electron chi connectivity index (χ1n) is 6.94. The van der Waals surface area contributed by atoms with Crippen molar-refractivity contribution in [1.82, 2.24) is 0 Å². The van der Waals surface area contributed by atoms with Crippen LogP contribution in [0.1, 0.15) is 63.0 Å². The summed E-state index contributed by atoms with van der Waals surface area (Å²) in [5.74, 6) is -0.103. The average molecular weight is 234 g/mol. The van der Waals surface area contributed by atoms with Crippen molar-refractivity contribution in [2.45, 2.75) is 64.2 Å². The van der Waals surface area contributed by atoms with Crippen LogP contribution in [-0.2, 0) is 5.41 Å². The second-order valence-corrected chi connectivity index (χ2v) is 5.55. The van der Waals surface area contributed by atoms with Crippen LogP contribution in [0.3, 0.4) is 0 Å². The molecule has 0 saturated heterocycles. The van der Waals surface area contributed by atoms with Gasteiger partial charge in [0.15, 0.2) is 0 Å². The summed E-state index contributed by atoms with van der Waals surface area (Å²) in [5.41, 5.74) is 2.88. The van der Waals surface area contributed by atoms with Crippen molar-refractivity contribution < 1.29 is 4.39 Å². The lowest BCUT2D eigenvalue weighted by molar-refractivity contribution is 0.270. The van der Waals surface area contributed by atoms with E-state index in [1.807, 2.05) is 6.07 Å². The first-order chi connectivity index (χ1) is 8.18. The smallest absolute Gasteiger partial charge is 0.123 e. The van der Waals surface area contributed by atoms with Crippen LogP contribution in [-0.4, -0.2) is 0 Å². The zero-order valence-electron chi connectivity index (χ0n) is 11.1. The lowest BCUT2D eigenvalue weighted by Gasteiger charge is -2.39. The summed E-state index contributed by atoms with van der Waals surface area (Å²) in [6.07, 6.45) is 9.07. The van der Waals surface area contributed by atoms with Crippen LogP contribution in [0.15, 0.2) is 18.2 Å². The number of rotatable bonds is 3. The Hall–Kier alpha value is -0.850. The highest BCUT2D eigenvalue weighted by Crippen LogP contribution is 2.44. The number of hydrogen-bond donors (Lipinski definition) is 0. The molecule has 0 radical (unpaired) electrons. The fourth-order valence-electron chi connectivity index (χ4n) is 3.58. The van der Waals surface area contributed by atoms with E-state index in [1.54, 1.807) is 12.1 Å². The van der Waals surface area contributed by atoms with Gasteiger partial charge in [0.1, 0.15) is 5.82 Å². The molecule has 1 aliphatic rings. The SMILES string of the molecule is CCCC1(c2ccc(F)cc2C)CCCCC1. The van der Waals surface area contributed by atoms with E-state index in [2.05, 4.69) is 13.8 Å². The Balaban J connectivity index is 2.37. The summed E-state index contributed by atoms with van der Waals surface area (Å²) >= 11 is 0. The minimum absolute atomic E-state index is 0.103. The molecule has 1 saturated carbocycles. The Labute approximate surface area is 104 Å². The molecule has 0 bridgehead atoms. The highest BCUT2D eigenvalue weighted by molar-refractivity contribution is 5.34. The zero-order valence-corrected chi connectivity index (χ0v) is 11.1. The predicted octanol–water partition coefficient (Wildman–Crippen LogP) is 5.14. The maximum absolute atomic E-state index is 13.2. The second-order valence-electron chi connectivity index (χ2n) is 5.55. The molecular weight excluding hydrogens is 211 g/mol. The fourth-order valence-corrected chi connectivity index (χ4v) is 3.58. The Kier molecular flexibility index (Phi) is 3.86. The Morgan fingerprint density at radius 3 is 2.47 bits per heavy atom. The maximum Gasteiger partial charge on any atom is 0.123 e. The maximum atomic E-state index is 13.2. The Morgan fingerprint density at radius 2 is 1.88 bits per heavy atom. The van der Waals surface area contributed by atoms with Crippen molar-refractivity contribution in [3.63, 3.8) is 0 Å². The molecule has 1 heteroatoms. The summed E-state index contributed by atoms with van der Waals surface area (Å²) in [4.78, 5) is 0. The summed E-state index contributed by atoms with van der Waals surface area (Å²) < 4.78 is 13.2. The van der Waals surface area contributed by atoms with Crippen molar-refractivity contribution in [3.05, 3.63) is 35.1 Å². The molecule has 0 spiro atoms. The van der Waals surface area contributed by atoms with Gasteiger partial charge in [-0.25, -0.2) is 4.39 Å². The molecule has 1 fully saturated rings. The highest BCUT2D eigenvalue weighted by atomic mass is 19.1. The van der Waals surface area contributed by atoms with Gasteiger partial charge < -0.3 is 0 Å². The Bertz CT molecular complexity index is 370. The van der Waals surface area contributed by atoms with Crippen LogP contribution in [0.25, 0.3) is 0 Å². The molecule has 1 aliphatic carbocycles. The fraction of sp³-hybridized carbons (Fsp3) is 0.625. The van der Waals surface area contributed by atoms with Gasteiger partial charge in [0.25, 0.3) is 0 Å². The molecule has 0 amide bonds. The van der Waals surface area contributed by atoms with E-state index < -0.39 is 0 Å². The van der Waals surface area contributed by atoms with E-state index >= 15 is 0 Å². The van der Waals surface area contributed by atoms with Gasteiger partial charge >= 0.3 is 0 Å². The van der Waals surface area contributed by atoms with E-state index in [0.717, 1.165) is 5.56 Å². The van der Waals surface area contributed by atoms with Crippen molar-refractivity contribution in [1.29, 1.82) is 0 Å². The average Bonchev–Trinajstić information content (AvgIpc) is 2.30. The van der Waals surface area contributed by atoms with Crippen LogP contribution in [0.4, 0.5) is 4.39 Å². The number of hydrogen-bond acceptors (Lipinski definition) is 0. The van der Waals surface area contributed by atoms with Crippen LogP contribution in [0.2, 0.25) is 0 Å². The first kappa shape index (κ1) is 12.6. The van der Waals surface area contributed by atoms with E-state index in [1.165, 1.54) is 50.5 Å².